The van der Waals surface area contributed by atoms with E-state index in [1.54, 1.807) is 0 Å². The van der Waals surface area contributed by atoms with E-state index in [4.69, 9.17) is 22.2 Å². The number of halogens is 1. The van der Waals surface area contributed by atoms with Crippen molar-refractivity contribution in [2.75, 3.05) is 6.61 Å². The molecule has 1 aromatic rings. The predicted octanol–water partition coefficient (Wildman–Crippen LogP) is 2.28. The number of hydrazone groups is 1. The molecule has 0 bridgehead atoms. The van der Waals surface area contributed by atoms with Crippen molar-refractivity contribution in [2.45, 2.75) is 12.3 Å². The Morgan fingerprint density at radius 2 is 2.14 bits per heavy atom. The van der Waals surface area contributed by atoms with Gasteiger partial charge in [-0.05, 0) is 12.5 Å². The lowest BCUT2D eigenvalue weighted by Crippen LogP contribution is -2.13. The van der Waals surface area contributed by atoms with Gasteiger partial charge in [-0.1, -0.05) is 30.3 Å². The first-order valence-corrected chi connectivity index (χ1v) is 4.82. The van der Waals surface area contributed by atoms with E-state index in [1.165, 1.54) is 0 Å². The van der Waals surface area contributed by atoms with Crippen molar-refractivity contribution < 1.29 is 4.74 Å². The molecular weight excluding hydrogens is 200 g/mol. The molecule has 0 radical (unpaired) electrons. The number of benzene rings is 1. The Morgan fingerprint density at radius 3 is 2.64 bits per heavy atom. The summed E-state index contributed by atoms with van der Waals surface area (Å²) < 4.78 is 5.20. The summed E-state index contributed by atoms with van der Waals surface area (Å²) in [6.45, 7) is 2.37. The second kappa shape index (κ2) is 5.50. The van der Waals surface area contributed by atoms with E-state index in [0.717, 1.165) is 5.56 Å². The summed E-state index contributed by atoms with van der Waals surface area (Å²) in [5, 5.41) is 3.10. The largest absolute Gasteiger partial charge is 0.479 e. The van der Waals surface area contributed by atoms with Crippen LogP contribution in [0.1, 0.15) is 17.9 Å². The van der Waals surface area contributed by atoms with Crippen LogP contribution in [0, 0.1) is 0 Å². The Kier molecular flexibility index (Phi) is 4.26. The van der Waals surface area contributed by atoms with Gasteiger partial charge in [0.15, 0.2) is 0 Å². The van der Waals surface area contributed by atoms with Crippen molar-refractivity contribution in [3.8, 4) is 0 Å². The highest BCUT2D eigenvalue weighted by molar-refractivity contribution is 6.30. The summed E-state index contributed by atoms with van der Waals surface area (Å²) in [6.07, 6.45) is 0. The first-order chi connectivity index (χ1) is 6.79. The minimum atomic E-state index is -0.416. The van der Waals surface area contributed by atoms with Gasteiger partial charge in [0.05, 0.1) is 6.61 Å². The molecule has 2 N–H and O–H groups in total. The highest BCUT2D eigenvalue weighted by atomic mass is 35.5. The van der Waals surface area contributed by atoms with Crippen LogP contribution in [0.2, 0.25) is 0 Å². The third-order valence-corrected chi connectivity index (χ3v) is 2.17. The number of hydrogen-bond donors (Lipinski definition) is 1. The first-order valence-electron chi connectivity index (χ1n) is 4.39. The van der Waals surface area contributed by atoms with Gasteiger partial charge in [-0.25, -0.2) is 0 Å². The van der Waals surface area contributed by atoms with E-state index < -0.39 is 5.38 Å². The molecule has 1 atom stereocenters. The first kappa shape index (κ1) is 10.9. The average Bonchev–Trinajstić information content (AvgIpc) is 2.26. The third kappa shape index (κ3) is 2.64. The third-order valence-electron chi connectivity index (χ3n) is 1.73. The zero-order chi connectivity index (χ0) is 10.4. The number of hydrogen-bond acceptors (Lipinski definition) is 3. The maximum atomic E-state index is 6.12. The zero-order valence-corrected chi connectivity index (χ0v) is 8.74. The van der Waals surface area contributed by atoms with Crippen LogP contribution in [0.25, 0.3) is 0 Å². The maximum absolute atomic E-state index is 6.12. The van der Waals surface area contributed by atoms with Gasteiger partial charge in [0, 0.05) is 0 Å². The molecule has 0 aromatic heterocycles. The molecule has 0 aliphatic rings. The molecule has 14 heavy (non-hydrogen) atoms. The SMILES string of the molecule is CCO/C(=N\N)C(Cl)c1ccccc1. The van der Waals surface area contributed by atoms with E-state index in [-0.39, 0.29) is 0 Å². The highest BCUT2D eigenvalue weighted by Gasteiger charge is 2.15. The maximum Gasteiger partial charge on any atom is 0.228 e. The van der Waals surface area contributed by atoms with Crippen LogP contribution in [0.4, 0.5) is 0 Å². The standard InChI is InChI=1S/C10H13ClN2O/c1-2-14-10(13-12)9(11)8-6-4-3-5-7-8/h3-7,9H,2,12H2,1H3/b13-10-. The van der Waals surface area contributed by atoms with Gasteiger partial charge in [0.25, 0.3) is 0 Å². The molecule has 0 aliphatic heterocycles. The van der Waals surface area contributed by atoms with E-state index >= 15 is 0 Å². The Morgan fingerprint density at radius 1 is 1.50 bits per heavy atom. The second-order valence-electron chi connectivity index (χ2n) is 2.67. The van der Waals surface area contributed by atoms with Crippen molar-refractivity contribution in [1.29, 1.82) is 0 Å². The molecule has 0 spiro atoms. The lowest BCUT2D eigenvalue weighted by Gasteiger charge is -2.12. The summed E-state index contributed by atoms with van der Waals surface area (Å²) in [5.74, 6) is 5.52. The van der Waals surface area contributed by atoms with E-state index in [0.29, 0.717) is 12.5 Å². The number of rotatable bonds is 3. The van der Waals surface area contributed by atoms with Gasteiger partial charge < -0.3 is 10.6 Å². The van der Waals surface area contributed by atoms with Crippen molar-refractivity contribution in [3.05, 3.63) is 35.9 Å². The summed E-state index contributed by atoms with van der Waals surface area (Å²) in [6, 6.07) is 9.55. The fraction of sp³-hybridized carbons (Fsp3) is 0.300. The fourth-order valence-corrected chi connectivity index (χ4v) is 1.35. The zero-order valence-electron chi connectivity index (χ0n) is 7.98. The van der Waals surface area contributed by atoms with E-state index in [9.17, 15) is 0 Å². The molecule has 0 amide bonds. The lowest BCUT2D eigenvalue weighted by atomic mass is 10.1. The van der Waals surface area contributed by atoms with Crippen molar-refractivity contribution in [2.24, 2.45) is 10.9 Å². The van der Waals surface area contributed by atoms with Crippen molar-refractivity contribution in [3.63, 3.8) is 0 Å². The minimum Gasteiger partial charge on any atom is -0.479 e. The van der Waals surface area contributed by atoms with E-state index in [2.05, 4.69) is 5.10 Å². The number of nitrogens with two attached hydrogens (primary N) is 1. The minimum absolute atomic E-state index is 0.348. The Hall–Kier alpha value is -1.22. The quantitative estimate of drug-likeness (QED) is 0.275. The average molecular weight is 213 g/mol. The predicted molar refractivity (Wildman–Crippen MR) is 58.3 cm³/mol. The van der Waals surface area contributed by atoms with E-state index in [1.807, 2.05) is 37.3 Å². The second-order valence-corrected chi connectivity index (χ2v) is 3.11. The van der Waals surface area contributed by atoms with Crippen molar-refractivity contribution in [1.82, 2.24) is 0 Å². The summed E-state index contributed by atoms with van der Waals surface area (Å²) >= 11 is 6.12. The summed E-state index contributed by atoms with van der Waals surface area (Å²) in [7, 11) is 0. The smallest absolute Gasteiger partial charge is 0.228 e. The Balaban J connectivity index is 2.78. The molecular formula is C10H13ClN2O. The van der Waals surface area contributed by atoms with Crippen LogP contribution in [-0.4, -0.2) is 12.5 Å². The summed E-state index contributed by atoms with van der Waals surface area (Å²) in [4.78, 5) is 0. The Labute approximate surface area is 88.5 Å². The van der Waals surface area contributed by atoms with Gasteiger partial charge in [-0.3, -0.25) is 0 Å². The highest BCUT2D eigenvalue weighted by Crippen LogP contribution is 2.21. The number of nitrogens with zero attached hydrogens (tertiary/aromatic N) is 1. The molecule has 4 heteroatoms. The molecule has 1 rings (SSSR count). The molecule has 1 unspecified atom stereocenters. The van der Waals surface area contributed by atoms with Crippen LogP contribution in [0.5, 0.6) is 0 Å². The molecule has 1 aromatic carbocycles. The van der Waals surface area contributed by atoms with Gasteiger partial charge >= 0.3 is 0 Å². The fourth-order valence-electron chi connectivity index (χ4n) is 1.09. The number of alkyl halides is 1. The molecule has 0 saturated carbocycles. The molecule has 3 nitrogen and oxygen atoms in total. The molecule has 0 fully saturated rings. The molecule has 0 heterocycles. The monoisotopic (exact) mass is 212 g/mol. The lowest BCUT2D eigenvalue weighted by molar-refractivity contribution is 0.317. The summed E-state index contributed by atoms with van der Waals surface area (Å²) in [5.41, 5.74) is 0.923. The molecule has 76 valence electrons. The van der Waals surface area contributed by atoms with Gasteiger partial charge in [0.2, 0.25) is 5.90 Å². The van der Waals surface area contributed by atoms with Crippen LogP contribution >= 0.6 is 11.6 Å². The number of ether oxygens (including phenoxy) is 1. The van der Waals surface area contributed by atoms with Crippen LogP contribution in [-0.2, 0) is 4.74 Å². The van der Waals surface area contributed by atoms with Crippen molar-refractivity contribution >= 4 is 17.5 Å². The van der Waals surface area contributed by atoms with Crippen LogP contribution < -0.4 is 5.84 Å². The van der Waals surface area contributed by atoms with Gasteiger partial charge in [-0.15, -0.1) is 16.7 Å². The normalized spacial score (nSPS) is 13.7. The van der Waals surface area contributed by atoms with Gasteiger partial charge in [0.1, 0.15) is 5.38 Å². The molecule has 0 saturated heterocycles. The Bertz CT molecular complexity index is 300. The molecule has 0 aliphatic carbocycles. The topological polar surface area (TPSA) is 47.6 Å². The van der Waals surface area contributed by atoms with Crippen LogP contribution in [0.3, 0.4) is 0 Å². The van der Waals surface area contributed by atoms with Gasteiger partial charge in [-0.2, -0.15) is 0 Å². The van der Waals surface area contributed by atoms with Crippen LogP contribution in [0.15, 0.2) is 35.4 Å².